The molecule has 0 atom stereocenters. The van der Waals surface area contributed by atoms with Crippen LogP contribution in [0.2, 0.25) is 0 Å². The van der Waals surface area contributed by atoms with Gasteiger partial charge in [-0.3, -0.25) is 9.59 Å². The minimum atomic E-state index is -0.517. The Hall–Kier alpha value is -2.17. The van der Waals surface area contributed by atoms with Crippen molar-refractivity contribution in [1.82, 2.24) is 0 Å². The van der Waals surface area contributed by atoms with Crippen LogP contribution in [0, 0.1) is 0 Å². The molecule has 0 aliphatic carbocycles. The van der Waals surface area contributed by atoms with Gasteiger partial charge in [0.15, 0.2) is 0 Å². The van der Waals surface area contributed by atoms with E-state index < -0.39 is 5.97 Å². The van der Waals surface area contributed by atoms with Gasteiger partial charge in [-0.2, -0.15) is 0 Å². The highest BCUT2D eigenvalue weighted by Gasteiger charge is 2.19. The fraction of sp³-hybridized carbons (Fsp3) is 0.357. The molecule has 0 saturated heterocycles. The van der Waals surface area contributed by atoms with Gasteiger partial charge in [0.1, 0.15) is 5.78 Å². The van der Waals surface area contributed by atoms with Crippen molar-refractivity contribution in [3.63, 3.8) is 0 Å². The maximum Gasteiger partial charge on any atom is 0.339 e. The zero-order valence-electron chi connectivity index (χ0n) is 11.3. The molecule has 1 aromatic rings. The van der Waals surface area contributed by atoms with E-state index in [0.717, 1.165) is 0 Å². The molecule has 0 aliphatic rings. The predicted octanol–water partition coefficient (Wildman–Crippen LogP) is 1.81. The number of rotatable bonds is 5. The molecule has 5 heteroatoms. The molecule has 1 amide bonds. The minimum absolute atomic E-state index is 0.132. The van der Waals surface area contributed by atoms with Crippen LogP contribution in [0.5, 0.6) is 0 Å². The lowest BCUT2D eigenvalue weighted by molar-refractivity contribution is -0.126. The average Bonchev–Trinajstić information content (AvgIpc) is 2.45. The van der Waals surface area contributed by atoms with Crippen molar-refractivity contribution >= 4 is 23.3 Å². The van der Waals surface area contributed by atoms with E-state index in [2.05, 4.69) is 4.74 Å². The first-order chi connectivity index (χ1) is 9.01. The third kappa shape index (κ3) is 3.64. The number of methoxy groups -OCH3 is 1. The summed E-state index contributed by atoms with van der Waals surface area (Å²) in [6.07, 6.45) is 0.154. The van der Waals surface area contributed by atoms with Crippen molar-refractivity contribution in [2.24, 2.45) is 0 Å². The van der Waals surface area contributed by atoms with Crippen LogP contribution in [0.4, 0.5) is 5.69 Å². The third-order valence-electron chi connectivity index (χ3n) is 2.79. The molecule has 19 heavy (non-hydrogen) atoms. The number of para-hydroxylation sites is 1. The molecule has 0 aliphatic heterocycles. The average molecular weight is 263 g/mol. The highest BCUT2D eigenvalue weighted by atomic mass is 16.5. The molecule has 0 unspecified atom stereocenters. The first-order valence-electron chi connectivity index (χ1n) is 5.96. The third-order valence-corrected chi connectivity index (χ3v) is 2.79. The molecule has 0 spiro atoms. The van der Waals surface area contributed by atoms with E-state index in [-0.39, 0.29) is 18.1 Å². The van der Waals surface area contributed by atoms with Crippen molar-refractivity contribution in [1.29, 1.82) is 0 Å². The number of esters is 1. The zero-order chi connectivity index (χ0) is 14.4. The predicted molar refractivity (Wildman–Crippen MR) is 71.1 cm³/mol. The molecular formula is C14H17NO4. The second kappa shape index (κ2) is 6.68. The largest absolute Gasteiger partial charge is 0.465 e. The number of carbonyl (C=O) groups is 3. The number of benzene rings is 1. The van der Waals surface area contributed by atoms with Gasteiger partial charge < -0.3 is 9.64 Å². The number of anilines is 1. The van der Waals surface area contributed by atoms with Gasteiger partial charge >= 0.3 is 5.97 Å². The number of ketones is 1. The summed E-state index contributed by atoms with van der Waals surface area (Å²) in [7, 11) is 2.81. The number of hydrogen-bond acceptors (Lipinski definition) is 4. The highest BCUT2D eigenvalue weighted by molar-refractivity contribution is 6.08. The summed E-state index contributed by atoms with van der Waals surface area (Å²) in [6, 6.07) is 6.62. The first kappa shape index (κ1) is 14.9. The number of amides is 1. The van der Waals surface area contributed by atoms with Crippen LogP contribution in [-0.4, -0.2) is 31.8 Å². The van der Waals surface area contributed by atoms with Crippen LogP contribution in [0.1, 0.15) is 30.1 Å². The van der Waals surface area contributed by atoms with E-state index in [4.69, 9.17) is 0 Å². The van der Waals surface area contributed by atoms with Gasteiger partial charge in [-0.05, 0) is 12.1 Å². The Kier molecular flexibility index (Phi) is 5.23. The van der Waals surface area contributed by atoms with Gasteiger partial charge in [0.2, 0.25) is 5.91 Å². The number of nitrogens with zero attached hydrogens (tertiary/aromatic N) is 1. The van der Waals surface area contributed by atoms with E-state index in [1.807, 2.05) is 0 Å². The van der Waals surface area contributed by atoms with Crippen molar-refractivity contribution in [2.75, 3.05) is 19.1 Å². The molecule has 1 aromatic carbocycles. The minimum Gasteiger partial charge on any atom is -0.465 e. The molecular weight excluding hydrogens is 246 g/mol. The van der Waals surface area contributed by atoms with Gasteiger partial charge in [0.05, 0.1) is 24.8 Å². The van der Waals surface area contributed by atoms with E-state index in [1.54, 1.807) is 31.2 Å². The Bertz CT molecular complexity index is 496. The number of carbonyl (C=O) groups excluding carboxylic acids is 3. The van der Waals surface area contributed by atoms with Crippen molar-refractivity contribution < 1.29 is 19.1 Å². The topological polar surface area (TPSA) is 63.7 Å². The number of ether oxygens (including phenoxy) is 1. The molecule has 5 nitrogen and oxygen atoms in total. The Balaban J connectivity index is 2.99. The molecule has 102 valence electrons. The smallest absolute Gasteiger partial charge is 0.339 e. The van der Waals surface area contributed by atoms with Crippen LogP contribution in [0.15, 0.2) is 24.3 Å². The Morgan fingerprint density at radius 2 is 1.84 bits per heavy atom. The zero-order valence-corrected chi connectivity index (χ0v) is 11.3. The van der Waals surface area contributed by atoms with Gasteiger partial charge in [0, 0.05) is 13.5 Å². The maximum absolute atomic E-state index is 11.9. The molecule has 0 fully saturated rings. The number of hydrogen-bond donors (Lipinski definition) is 0. The second-order valence-electron chi connectivity index (χ2n) is 4.03. The lowest BCUT2D eigenvalue weighted by Crippen LogP contribution is -2.29. The summed E-state index contributed by atoms with van der Waals surface area (Å²) in [5.74, 6) is -0.993. The molecule has 0 heterocycles. The standard InChI is InChI=1S/C14H17NO4/c1-4-10(16)9-13(17)15(2)12-8-6-5-7-11(12)14(18)19-3/h5-8H,4,9H2,1-3H3. The lowest BCUT2D eigenvalue weighted by atomic mass is 10.1. The maximum atomic E-state index is 11.9. The molecule has 0 saturated carbocycles. The van der Waals surface area contributed by atoms with Crippen LogP contribution in [-0.2, 0) is 14.3 Å². The summed E-state index contributed by atoms with van der Waals surface area (Å²) < 4.78 is 4.67. The van der Waals surface area contributed by atoms with Crippen molar-refractivity contribution in [3.05, 3.63) is 29.8 Å². The molecule has 0 aromatic heterocycles. The molecule has 1 rings (SSSR count). The Labute approximate surface area is 112 Å². The van der Waals surface area contributed by atoms with Crippen LogP contribution < -0.4 is 4.90 Å². The molecule has 0 bridgehead atoms. The van der Waals surface area contributed by atoms with Crippen molar-refractivity contribution in [2.45, 2.75) is 19.8 Å². The normalized spacial score (nSPS) is 9.84. The van der Waals surface area contributed by atoms with Gasteiger partial charge in [-0.15, -0.1) is 0 Å². The van der Waals surface area contributed by atoms with Gasteiger partial charge in [0.25, 0.3) is 0 Å². The monoisotopic (exact) mass is 263 g/mol. The number of Topliss-reactive ketones (excluding diaryl/α,β-unsaturated/α-hetero) is 1. The van der Waals surface area contributed by atoms with Gasteiger partial charge in [-0.1, -0.05) is 19.1 Å². The fourth-order valence-corrected chi connectivity index (χ4v) is 1.60. The summed E-state index contributed by atoms with van der Waals surface area (Å²) >= 11 is 0. The van der Waals surface area contributed by atoms with Crippen molar-refractivity contribution in [3.8, 4) is 0 Å². The van der Waals surface area contributed by atoms with Crippen LogP contribution >= 0.6 is 0 Å². The summed E-state index contributed by atoms with van der Waals surface area (Å²) in [6.45, 7) is 1.71. The Morgan fingerprint density at radius 1 is 1.21 bits per heavy atom. The summed E-state index contributed by atoms with van der Waals surface area (Å²) in [5.41, 5.74) is 0.730. The van der Waals surface area contributed by atoms with E-state index in [1.165, 1.54) is 19.1 Å². The SMILES string of the molecule is CCC(=O)CC(=O)N(C)c1ccccc1C(=O)OC. The quantitative estimate of drug-likeness (QED) is 0.600. The van der Waals surface area contributed by atoms with Crippen LogP contribution in [0.25, 0.3) is 0 Å². The fourth-order valence-electron chi connectivity index (χ4n) is 1.60. The lowest BCUT2D eigenvalue weighted by Gasteiger charge is -2.19. The summed E-state index contributed by atoms with van der Waals surface area (Å²) in [4.78, 5) is 36.1. The summed E-state index contributed by atoms with van der Waals surface area (Å²) in [5, 5.41) is 0. The first-order valence-corrected chi connectivity index (χ1v) is 5.96. The second-order valence-corrected chi connectivity index (χ2v) is 4.03. The van der Waals surface area contributed by atoms with Crippen LogP contribution in [0.3, 0.4) is 0 Å². The molecule has 0 radical (unpaired) electrons. The van der Waals surface area contributed by atoms with E-state index in [0.29, 0.717) is 17.7 Å². The highest BCUT2D eigenvalue weighted by Crippen LogP contribution is 2.20. The van der Waals surface area contributed by atoms with E-state index >= 15 is 0 Å². The Morgan fingerprint density at radius 3 is 2.42 bits per heavy atom. The molecule has 0 N–H and O–H groups in total. The van der Waals surface area contributed by atoms with Gasteiger partial charge in [-0.25, -0.2) is 4.79 Å². The van der Waals surface area contributed by atoms with E-state index in [9.17, 15) is 14.4 Å².